The molecule has 0 saturated heterocycles. The normalized spacial score (nSPS) is 30.1. The lowest BCUT2D eigenvalue weighted by molar-refractivity contribution is 0.228. The van der Waals surface area contributed by atoms with Gasteiger partial charge in [-0.1, -0.05) is 38.1 Å². The van der Waals surface area contributed by atoms with Crippen LogP contribution in [0.25, 0.3) is 0 Å². The number of hydrogen-bond acceptors (Lipinski definition) is 1. The minimum absolute atomic E-state index is 0.466. The molecule has 18 heavy (non-hydrogen) atoms. The van der Waals surface area contributed by atoms with Crippen molar-refractivity contribution in [1.82, 2.24) is 5.32 Å². The zero-order valence-corrected chi connectivity index (χ0v) is 12.2. The summed E-state index contributed by atoms with van der Waals surface area (Å²) in [4.78, 5) is 0. The van der Waals surface area contributed by atoms with E-state index in [0.29, 0.717) is 12.1 Å². The van der Waals surface area contributed by atoms with Gasteiger partial charge in [-0.25, -0.2) is 0 Å². The molecule has 3 atom stereocenters. The van der Waals surface area contributed by atoms with Crippen LogP contribution in [-0.2, 0) is 0 Å². The van der Waals surface area contributed by atoms with E-state index in [2.05, 4.69) is 57.3 Å². The zero-order valence-electron chi connectivity index (χ0n) is 12.2. The molecule has 1 saturated carbocycles. The maximum absolute atomic E-state index is 3.84. The van der Waals surface area contributed by atoms with Crippen molar-refractivity contribution < 1.29 is 0 Å². The third-order valence-corrected chi connectivity index (χ3v) is 4.32. The molecular weight excluding hydrogens is 218 g/mol. The molecule has 1 fully saturated rings. The first kappa shape index (κ1) is 13.6. The Morgan fingerprint density at radius 1 is 1.06 bits per heavy atom. The van der Waals surface area contributed by atoms with Gasteiger partial charge >= 0.3 is 0 Å². The van der Waals surface area contributed by atoms with Gasteiger partial charge in [0.2, 0.25) is 0 Å². The van der Waals surface area contributed by atoms with Gasteiger partial charge in [-0.05, 0) is 56.1 Å². The lowest BCUT2D eigenvalue weighted by Crippen LogP contribution is -2.37. The minimum atomic E-state index is 0.466. The molecule has 1 aliphatic carbocycles. The van der Waals surface area contributed by atoms with Crippen molar-refractivity contribution in [3.63, 3.8) is 0 Å². The molecule has 0 aromatic heterocycles. The van der Waals surface area contributed by atoms with Gasteiger partial charge in [0.25, 0.3) is 0 Å². The van der Waals surface area contributed by atoms with Crippen LogP contribution >= 0.6 is 0 Å². The van der Waals surface area contributed by atoms with Crippen LogP contribution in [-0.4, -0.2) is 6.04 Å². The molecule has 1 aromatic carbocycles. The summed E-state index contributed by atoms with van der Waals surface area (Å²) in [6.45, 7) is 9.29. The van der Waals surface area contributed by atoms with Gasteiger partial charge in [-0.3, -0.25) is 0 Å². The zero-order chi connectivity index (χ0) is 13.1. The highest BCUT2D eigenvalue weighted by Crippen LogP contribution is 2.30. The number of benzene rings is 1. The molecule has 2 rings (SSSR count). The largest absolute Gasteiger partial charge is 0.307 e. The van der Waals surface area contributed by atoms with Crippen LogP contribution in [0.15, 0.2) is 24.3 Å². The van der Waals surface area contributed by atoms with Crippen LogP contribution < -0.4 is 5.32 Å². The second-order valence-corrected chi connectivity index (χ2v) is 6.36. The molecule has 1 N–H and O–H groups in total. The molecular formula is C17H27N. The highest BCUT2D eigenvalue weighted by molar-refractivity contribution is 5.28. The third-order valence-electron chi connectivity index (χ3n) is 4.32. The predicted octanol–water partition coefficient (Wildman–Crippen LogP) is 4.47. The molecule has 1 nitrogen and oxygen atoms in total. The first-order valence-corrected chi connectivity index (χ1v) is 7.37. The van der Waals surface area contributed by atoms with Crippen molar-refractivity contribution in [3.8, 4) is 0 Å². The Labute approximate surface area is 112 Å². The average Bonchev–Trinajstić information content (AvgIpc) is 2.27. The maximum Gasteiger partial charge on any atom is 0.0296 e. The molecule has 0 amide bonds. The summed E-state index contributed by atoms with van der Waals surface area (Å²) in [6.07, 6.45) is 4.07. The first-order valence-electron chi connectivity index (χ1n) is 7.37. The highest BCUT2D eigenvalue weighted by atomic mass is 14.9. The van der Waals surface area contributed by atoms with Crippen molar-refractivity contribution in [3.05, 3.63) is 35.4 Å². The van der Waals surface area contributed by atoms with Crippen LogP contribution in [0, 0.1) is 18.8 Å². The summed E-state index contributed by atoms with van der Waals surface area (Å²) >= 11 is 0. The second-order valence-electron chi connectivity index (χ2n) is 6.36. The minimum Gasteiger partial charge on any atom is -0.307 e. The highest BCUT2D eigenvalue weighted by Gasteiger charge is 2.25. The summed E-state index contributed by atoms with van der Waals surface area (Å²) in [5, 5.41) is 3.84. The molecule has 2 unspecified atom stereocenters. The molecule has 1 aromatic rings. The lowest BCUT2D eigenvalue weighted by Gasteiger charge is -2.34. The molecule has 1 heteroatoms. The predicted molar refractivity (Wildman–Crippen MR) is 78.7 cm³/mol. The Kier molecular flexibility index (Phi) is 4.45. The van der Waals surface area contributed by atoms with Crippen molar-refractivity contribution >= 4 is 0 Å². The maximum atomic E-state index is 3.84. The van der Waals surface area contributed by atoms with Crippen LogP contribution in [0.1, 0.15) is 57.2 Å². The van der Waals surface area contributed by atoms with E-state index in [1.807, 2.05) is 0 Å². The quantitative estimate of drug-likeness (QED) is 0.828. The molecule has 0 radical (unpaired) electrons. The smallest absolute Gasteiger partial charge is 0.0296 e. The van der Waals surface area contributed by atoms with E-state index in [4.69, 9.17) is 0 Å². The van der Waals surface area contributed by atoms with Crippen LogP contribution in [0.2, 0.25) is 0 Å². The Hall–Kier alpha value is -0.820. The monoisotopic (exact) mass is 245 g/mol. The Bertz CT molecular complexity index is 375. The number of aryl methyl sites for hydroxylation is 1. The van der Waals surface area contributed by atoms with Crippen molar-refractivity contribution in [2.45, 2.75) is 59.0 Å². The van der Waals surface area contributed by atoms with E-state index >= 15 is 0 Å². The fourth-order valence-electron chi connectivity index (χ4n) is 3.60. The number of hydrogen-bond donors (Lipinski definition) is 1. The summed E-state index contributed by atoms with van der Waals surface area (Å²) in [5.74, 6) is 1.74. The van der Waals surface area contributed by atoms with E-state index in [0.717, 1.165) is 11.8 Å². The topological polar surface area (TPSA) is 12.0 Å². The van der Waals surface area contributed by atoms with Gasteiger partial charge in [-0.2, -0.15) is 0 Å². The molecule has 0 spiro atoms. The molecule has 0 bridgehead atoms. The van der Waals surface area contributed by atoms with Crippen LogP contribution in [0.5, 0.6) is 0 Å². The first-order chi connectivity index (χ1) is 8.56. The van der Waals surface area contributed by atoms with E-state index < -0.39 is 0 Å². The lowest BCUT2D eigenvalue weighted by atomic mass is 9.80. The SMILES string of the molecule is Cc1ccccc1[C@@H](C)NC1CC(C)CC(C)C1. The van der Waals surface area contributed by atoms with Crippen molar-refractivity contribution in [2.75, 3.05) is 0 Å². The fraction of sp³-hybridized carbons (Fsp3) is 0.647. The Balaban J connectivity index is 1.99. The van der Waals surface area contributed by atoms with E-state index in [1.54, 1.807) is 0 Å². The van der Waals surface area contributed by atoms with Crippen molar-refractivity contribution in [2.24, 2.45) is 11.8 Å². The second kappa shape index (κ2) is 5.88. The van der Waals surface area contributed by atoms with E-state index in [-0.39, 0.29) is 0 Å². The van der Waals surface area contributed by atoms with Crippen LogP contribution in [0.4, 0.5) is 0 Å². The average molecular weight is 245 g/mol. The van der Waals surface area contributed by atoms with Gasteiger partial charge in [0.05, 0.1) is 0 Å². The Morgan fingerprint density at radius 3 is 2.28 bits per heavy atom. The van der Waals surface area contributed by atoms with Crippen LogP contribution in [0.3, 0.4) is 0 Å². The standard InChI is InChI=1S/C17H27N/c1-12-9-13(2)11-16(10-12)18-15(4)17-8-6-5-7-14(17)3/h5-8,12-13,15-16,18H,9-11H2,1-4H3/t12?,13?,15-,16?/m1/s1. The number of nitrogens with one attached hydrogen (secondary N) is 1. The van der Waals surface area contributed by atoms with Crippen molar-refractivity contribution in [1.29, 1.82) is 0 Å². The molecule has 0 heterocycles. The van der Waals surface area contributed by atoms with Gasteiger partial charge < -0.3 is 5.32 Å². The Morgan fingerprint density at radius 2 is 1.67 bits per heavy atom. The van der Waals surface area contributed by atoms with Gasteiger partial charge in [-0.15, -0.1) is 0 Å². The van der Waals surface area contributed by atoms with E-state index in [9.17, 15) is 0 Å². The van der Waals surface area contributed by atoms with E-state index in [1.165, 1.54) is 30.4 Å². The summed E-state index contributed by atoms with van der Waals surface area (Å²) in [6, 6.07) is 9.89. The summed E-state index contributed by atoms with van der Waals surface area (Å²) in [5.41, 5.74) is 2.85. The summed E-state index contributed by atoms with van der Waals surface area (Å²) in [7, 11) is 0. The van der Waals surface area contributed by atoms with Gasteiger partial charge in [0, 0.05) is 12.1 Å². The third kappa shape index (κ3) is 3.35. The fourth-order valence-corrected chi connectivity index (χ4v) is 3.60. The number of rotatable bonds is 3. The molecule has 0 aliphatic heterocycles. The van der Waals surface area contributed by atoms with Gasteiger partial charge in [0.1, 0.15) is 0 Å². The molecule has 100 valence electrons. The van der Waals surface area contributed by atoms with Gasteiger partial charge in [0.15, 0.2) is 0 Å². The summed E-state index contributed by atoms with van der Waals surface area (Å²) < 4.78 is 0. The molecule has 1 aliphatic rings.